The molecule has 0 bridgehead atoms. The van der Waals surface area contributed by atoms with E-state index < -0.39 is 0 Å². The average molecular weight is 174 g/mol. The van der Waals surface area contributed by atoms with E-state index in [4.69, 9.17) is 0 Å². The Labute approximate surface area is 70.3 Å². The average Bonchev–Trinajstić information content (AvgIpc) is 2.31. The van der Waals surface area contributed by atoms with Gasteiger partial charge in [0, 0.05) is 6.42 Å². The number of hydrogen-bond donors (Lipinski definition) is 1. The van der Waals surface area contributed by atoms with Crippen molar-refractivity contribution < 1.29 is 0 Å². The molecule has 1 heterocycles. The molecule has 1 rings (SSSR count). The van der Waals surface area contributed by atoms with Crippen molar-refractivity contribution in [1.29, 1.82) is 0 Å². The molecule has 0 aliphatic rings. The summed E-state index contributed by atoms with van der Waals surface area (Å²) in [6.07, 6.45) is 3.36. The van der Waals surface area contributed by atoms with Crippen LogP contribution in [0.25, 0.3) is 0 Å². The van der Waals surface area contributed by atoms with E-state index in [0.717, 1.165) is 16.6 Å². The highest BCUT2D eigenvalue weighted by Crippen LogP contribution is 2.09. The summed E-state index contributed by atoms with van der Waals surface area (Å²) in [5.41, 5.74) is 0. The zero-order chi connectivity index (χ0) is 7.40. The fourth-order valence-corrected chi connectivity index (χ4v) is 1.38. The lowest BCUT2D eigenvalue weighted by atomic mass is 10.2. The predicted octanol–water partition coefficient (Wildman–Crippen LogP) is 2.17. The standard InChI is InChI=1S/C6H10N2S2/c1-2-3-4-5-7-6(9)10-8-5/h2-4H2,1H3,(H,7,8,9). The van der Waals surface area contributed by atoms with Crippen LogP contribution in [0.1, 0.15) is 25.6 Å². The minimum Gasteiger partial charge on any atom is -0.213 e. The molecule has 2 nitrogen and oxygen atoms in total. The summed E-state index contributed by atoms with van der Waals surface area (Å²) < 4.78 is 4.88. The third-order valence-electron chi connectivity index (χ3n) is 1.21. The van der Waals surface area contributed by atoms with Gasteiger partial charge in [-0.1, -0.05) is 13.3 Å². The van der Waals surface area contributed by atoms with Gasteiger partial charge in [0.25, 0.3) is 0 Å². The second kappa shape index (κ2) is 3.93. The van der Waals surface area contributed by atoms with Crippen molar-refractivity contribution >= 4 is 24.2 Å². The second-order valence-electron chi connectivity index (χ2n) is 2.10. The van der Waals surface area contributed by atoms with Crippen LogP contribution < -0.4 is 0 Å². The van der Waals surface area contributed by atoms with Crippen LogP contribution in [0.4, 0.5) is 0 Å². The van der Waals surface area contributed by atoms with E-state index >= 15 is 0 Å². The molecule has 0 spiro atoms. The summed E-state index contributed by atoms with van der Waals surface area (Å²) in [5, 5.41) is 0. The first-order valence-electron chi connectivity index (χ1n) is 3.34. The highest BCUT2D eigenvalue weighted by atomic mass is 32.2. The third-order valence-corrected chi connectivity index (χ3v) is 2.11. The molecule has 0 atom stereocenters. The maximum absolute atomic E-state index is 4.12. The Bertz CT molecular complexity index is 197. The lowest BCUT2D eigenvalue weighted by Gasteiger charge is -1.88. The molecule has 0 saturated carbocycles. The SMILES string of the molecule is CCCCc1nsc(S)n1. The Balaban J connectivity index is 2.42. The van der Waals surface area contributed by atoms with Gasteiger partial charge in [-0.3, -0.25) is 0 Å². The molecule has 0 amide bonds. The van der Waals surface area contributed by atoms with Gasteiger partial charge in [0.15, 0.2) is 4.34 Å². The Morgan fingerprint density at radius 3 is 2.90 bits per heavy atom. The Morgan fingerprint density at radius 1 is 1.60 bits per heavy atom. The van der Waals surface area contributed by atoms with Gasteiger partial charge >= 0.3 is 0 Å². The summed E-state index contributed by atoms with van der Waals surface area (Å²) in [6.45, 7) is 2.16. The highest BCUT2D eigenvalue weighted by Gasteiger charge is 1.98. The lowest BCUT2D eigenvalue weighted by Crippen LogP contribution is -1.85. The van der Waals surface area contributed by atoms with E-state index in [1.54, 1.807) is 0 Å². The van der Waals surface area contributed by atoms with E-state index in [1.165, 1.54) is 24.4 Å². The Morgan fingerprint density at radius 2 is 2.40 bits per heavy atom. The molecule has 56 valence electrons. The molecule has 0 aromatic carbocycles. The van der Waals surface area contributed by atoms with Crippen LogP contribution in [0.5, 0.6) is 0 Å². The van der Waals surface area contributed by atoms with Crippen LogP contribution in [-0.4, -0.2) is 9.36 Å². The minimum absolute atomic E-state index is 0.770. The number of hydrogen-bond acceptors (Lipinski definition) is 4. The number of rotatable bonds is 3. The number of unbranched alkanes of at least 4 members (excludes halogenated alkanes) is 1. The fraction of sp³-hybridized carbons (Fsp3) is 0.667. The minimum atomic E-state index is 0.770. The summed E-state index contributed by atoms with van der Waals surface area (Å²) in [7, 11) is 0. The van der Waals surface area contributed by atoms with Crippen molar-refractivity contribution in [2.75, 3.05) is 0 Å². The fourth-order valence-electron chi connectivity index (χ4n) is 0.681. The molecule has 10 heavy (non-hydrogen) atoms. The molecule has 0 aliphatic heterocycles. The topological polar surface area (TPSA) is 25.8 Å². The Hall–Kier alpha value is -0.0900. The van der Waals surface area contributed by atoms with Crippen LogP contribution in [-0.2, 0) is 6.42 Å². The molecule has 0 radical (unpaired) electrons. The van der Waals surface area contributed by atoms with Gasteiger partial charge in [0.1, 0.15) is 5.82 Å². The van der Waals surface area contributed by atoms with E-state index in [9.17, 15) is 0 Å². The molecule has 0 aliphatic carbocycles. The van der Waals surface area contributed by atoms with Gasteiger partial charge in [-0.05, 0) is 18.0 Å². The molecule has 0 fully saturated rings. The summed E-state index contributed by atoms with van der Waals surface area (Å²) >= 11 is 5.43. The molecule has 0 unspecified atom stereocenters. The first kappa shape index (κ1) is 8.01. The van der Waals surface area contributed by atoms with Gasteiger partial charge in [0.2, 0.25) is 0 Å². The zero-order valence-corrected chi connectivity index (χ0v) is 7.58. The zero-order valence-electron chi connectivity index (χ0n) is 5.87. The van der Waals surface area contributed by atoms with Crippen LogP contribution in [0, 0.1) is 0 Å². The van der Waals surface area contributed by atoms with E-state index in [2.05, 4.69) is 28.9 Å². The molecule has 1 aromatic heterocycles. The summed E-state index contributed by atoms with van der Waals surface area (Å²) in [5.74, 6) is 0.942. The second-order valence-corrected chi connectivity index (χ2v) is 3.57. The van der Waals surface area contributed by atoms with Gasteiger partial charge in [-0.25, -0.2) is 4.98 Å². The van der Waals surface area contributed by atoms with Crippen molar-refractivity contribution in [3.05, 3.63) is 5.82 Å². The number of aryl methyl sites for hydroxylation is 1. The van der Waals surface area contributed by atoms with Gasteiger partial charge in [-0.2, -0.15) is 4.37 Å². The number of aromatic nitrogens is 2. The maximum atomic E-state index is 4.12. The monoisotopic (exact) mass is 174 g/mol. The van der Waals surface area contributed by atoms with Crippen molar-refractivity contribution in [3.63, 3.8) is 0 Å². The predicted molar refractivity (Wildman–Crippen MR) is 45.8 cm³/mol. The first-order valence-corrected chi connectivity index (χ1v) is 4.56. The Kier molecular flexibility index (Phi) is 3.15. The van der Waals surface area contributed by atoms with Crippen LogP contribution in [0.3, 0.4) is 0 Å². The largest absolute Gasteiger partial charge is 0.213 e. The van der Waals surface area contributed by atoms with E-state index in [0.29, 0.717) is 0 Å². The first-order chi connectivity index (χ1) is 4.83. The maximum Gasteiger partial charge on any atom is 0.167 e. The smallest absolute Gasteiger partial charge is 0.167 e. The molecular formula is C6H10N2S2. The van der Waals surface area contributed by atoms with E-state index in [-0.39, 0.29) is 0 Å². The molecule has 0 saturated heterocycles. The summed E-state index contributed by atoms with van der Waals surface area (Å²) in [4.78, 5) is 4.12. The highest BCUT2D eigenvalue weighted by molar-refractivity contribution is 7.82. The van der Waals surface area contributed by atoms with Crippen LogP contribution >= 0.6 is 24.2 Å². The molecular weight excluding hydrogens is 164 g/mol. The lowest BCUT2D eigenvalue weighted by molar-refractivity contribution is 0.760. The molecule has 0 N–H and O–H groups in total. The van der Waals surface area contributed by atoms with Gasteiger partial charge in [-0.15, -0.1) is 12.6 Å². The van der Waals surface area contributed by atoms with Crippen molar-refractivity contribution in [1.82, 2.24) is 9.36 Å². The molecule has 4 heteroatoms. The van der Waals surface area contributed by atoms with Gasteiger partial charge in [0.05, 0.1) is 0 Å². The van der Waals surface area contributed by atoms with Crippen LogP contribution in [0.15, 0.2) is 4.34 Å². The third kappa shape index (κ3) is 2.27. The quantitative estimate of drug-likeness (QED) is 0.711. The number of nitrogens with zero attached hydrogens (tertiary/aromatic N) is 2. The van der Waals surface area contributed by atoms with Crippen molar-refractivity contribution in [2.45, 2.75) is 30.5 Å². The summed E-state index contributed by atoms with van der Waals surface area (Å²) in [6, 6.07) is 0. The number of thiol groups is 1. The van der Waals surface area contributed by atoms with Crippen molar-refractivity contribution in [3.8, 4) is 0 Å². The molecule has 1 aromatic rings. The van der Waals surface area contributed by atoms with Crippen LogP contribution in [0.2, 0.25) is 0 Å². The van der Waals surface area contributed by atoms with Gasteiger partial charge < -0.3 is 0 Å². The normalized spacial score (nSPS) is 10.2. The van der Waals surface area contributed by atoms with E-state index in [1.807, 2.05) is 0 Å². The van der Waals surface area contributed by atoms with Crippen molar-refractivity contribution in [2.24, 2.45) is 0 Å².